The Bertz CT molecular complexity index is 820. The topological polar surface area (TPSA) is 57.2 Å². The predicted molar refractivity (Wildman–Crippen MR) is 82.6 cm³/mol. The van der Waals surface area contributed by atoms with Crippen LogP contribution in [0.4, 0.5) is 5.69 Å². The summed E-state index contributed by atoms with van der Waals surface area (Å²) in [5, 5.41) is 2.69. The number of benzene rings is 1. The molecule has 0 radical (unpaired) electrons. The number of hydrogen-bond acceptors (Lipinski definition) is 4. The van der Waals surface area contributed by atoms with Crippen molar-refractivity contribution in [3.05, 3.63) is 57.8 Å². The van der Waals surface area contributed by atoms with E-state index in [9.17, 15) is 4.79 Å². The van der Waals surface area contributed by atoms with Gasteiger partial charge >= 0.3 is 0 Å². The number of nitrogen functional groups attached to an aromatic ring is 1. The van der Waals surface area contributed by atoms with Crippen molar-refractivity contribution in [1.29, 1.82) is 0 Å². The summed E-state index contributed by atoms with van der Waals surface area (Å²) < 4.78 is 7.89. The van der Waals surface area contributed by atoms with Crippen LogP contribution in [0.25, 0.3) is 10.1 Å². The maximum atomic E-state index is 12.3. The van der Waals surface area contributed by atoms with Gasteiger partial charge < -0.3 is 15.0 Å². The van der Waals surface area contributed by atoms with E-state index < -0.39 is 0 Å². The van der Waals surface area contributed by atoms with Crippen LogP contribution in [0.3, 0.4) is 0 Å². The van der Waals surface area contributed by atoms with Crippen molar-refractivity contribution in [3.8, 4) is 5.75 Å². The molecule has 0 aliphatic heterocycles. The molecule has 0 saturated heterocycles. The van der Waals surface area contributed by atoms with Gasteiger partial charge in [0.05, 0.1) is 19.0 Å². The second-order valence-corrected chi connectivity index (χ2v) is 5.51. The van der Waals surface area contributed by atoms with Crippen LogP contribution in [0, 0.1) is 0 Å². The fourth-order valence-electron chi connectivity index (χ4n) is 2.22. The average molecular weight is 286 g/mol. The minimum atomic E-state index is 0.0186. The van der Waals surface area contributed by atoms with E-state index in [0.717, 1.165) is 15.6 Å². The van der Waals surface area contributed by atoms with Crippen LogP contribution >= 0.6 is 11.3 Å². The lowest BCUT2D eigenvalue weighted by atomic mass is 10.2. The molecule has 1 aromatic carbocycles. The van der Waals surface area contributed by atoms with Gasteiger partial charge in [0.15, 0.2) is 0 Å². The normalized spacial score (nSPS) is 10.8. The van der Waals surface area contributed by atoms with E-state index in [2.05, 4.69) is 0 Å². The smallest absolute Gasteiger partial charge is 0.259 e. The van der Waals surface area contributed by atoms with Gasteiger partial charge in [0.25, 0.3) is 5.56 Å². The van der Waals surface area contributed by atoms with Gasteiger partial charge in [0.1, 0.15) is 5.75 Å². The second-order valence-electron chi connectivity index (χ2n) is 4.56. The summed E-state index contributed by atoms with van der Waals surface area (Å²) in [6.07, 6.45) is 1.82. The van der Waals surface area contributed by atoms with Gasteiger partial charge in [0, 0.05) is 22.7 Å². The fourth-order valence-corrected chi connectivity index (χ4v) is 3.00. The van der Waals surface area contributed by atoms with Crippen molar-refractivity contribution in [1.82, 2.24) is 4.57 Å². The summed E-state index contributed by atoms with van der Waals surface area (Å²) in [6.45, 7) is 0.478. The first kappa shape index (κ1) is 12.7. The first-order chi connectivity index (χ1) is 9.67. The molecule has 3 aromatic rings. The number of rotatable bonds is 3. The van der Waals surface area contributed by atoms with Crippen LogP contribution in [0.2, 0.25) is 0 Å². The molecule has 0 aliphatic carbocycles. The Morgan fingerprint density at radius 2 is 2.15 bits per heavy atom. The van der Waals surface area contributed by atoms with Crippen LogP contribution in [0.15, 0.2) is 46.7 Å². The van der Waals surface area contributed by atoms with E-state index >= 15 is 0 Å². The zero-order valence-corrected chi connectivity index (χ0v) is 11.8. The number of nitrogens with zero attached hydrogens (tertiary/aromatic N) is 1. The van der Waals surface area contributed by atoms with Crippen molar-refractivity contribution in [3.63, 3.8) is 0 Å². The number of fused-ring (bicyclic) bond motifs is 1. The number of nitrogens with two attached hydrogens (primary N) is 1. The number of hydrogen-bond donors (Lipinski definition) is 1. The highest BCUT2D eigenvalue weighted by atomic mass is 32.1. The Morgan fingerprint density at radius 3 is 2.95 bits per heavy atom. The van der Waals surface area contributed by atoms with Crippen molar-refractivity contribution >= 4 is 27.1 Å². The van der Waals surface area contributed by atoms with E-state index in [0.29, 0.717) is 18.0 Å². The molecule has 0 aliphatic rings. The number of thiophene rings is 1. The third kappa shape index (κ3) is 2.28. The Hall–Kier alpha value is -2.27. The monoisotopic (exact) mass is 286 g/mol. The summed E-state index contributed by atoms with van der Waals surface area (Å²) in [5.74, 6) is 0.699. The predicted octanol–water partition coefficient (Wildman–Crippen LogP) is 2.70. The van der Waals surface area contributed by atoms with E-state index in [1.54, 1.807) is 29.1 Å². The average Bonchev–Trinajstić information content (AvgIpc) is 2.90. The number of anilines is 1. The number of ether oxygens (including phenoxy) is 1. The molecule has 0 bridgehead atoms. The van der Waals surface area contributed by atoms with Gasteiger partial charge in [-0.05, 0) is 35.2 Å². The molecule has 20 heavy (non-hydrogen) atoms. The molecule has 0 amide bonds. The highest BCUT2D eigenvalue weighted by molar-refractivity contribution is 7.17. The highest BCUT2D eigenvalue weighted by Crippen LogP contribution is 2.20. The summed E-state index contributed by atoms with van der Waals surface area (Å²) in [4.78, 5) is 12.3. The van der Waals surface area contributed by atoms with Gasteiger partial charge in [-0.25, -0.2) is 0 Å². The fraction of sp³-hybridized carbons (Fsp3) is 0.133. The van der Waals surface area contributed by atoms with E-state index in [-0.39, 0.29) is 5.56 Å². The number of pyridine rings is 1. The second kappa shape index (κ2) is 5.02. The standard InChI is InChI=1S/C15H14N2O2S/c1-19-12-7-10(6-11(16)8-12)9-17-4-2-14-13(15(17)18)3-5-20-14/h2-8H,9,16H2,1H3. The molecule has 0 saturated carbocycles. The summed E-state index contributed by atoms with van der Waals surface area (Å²) in [7, 11) is 1.60. The molecule has 2 heterocycles. The third-order valence-corrected chi connectivity index (χ3v) is 4.05. The van der Waals surface area contributed by atoms with Crippen LogP contribution in [0.5, 0.6) is 5.75 Å². The summed E-state index contributed by atoms with van der Waals surface area (Å²) in [6, 6.07) is 9.32. The summed E-state index contributed by atoms with van der Waals surface area (Å²) >= 11 is 1.57. The molecule has 3 rings (SSSR count). The van der Waals surface area contributed by atoms with E-state index in [4.69, 9.17) is 10.5 Å². The van der Waals surface area contributed by atoms with Crippen molar-refractivity contribution in [2.24, 2.45) is 0 Å². The molecule has 2 aromatic heterocycles. The number of aromatic nitrogens is 1. The van der Waals surface area contributed by atoms with Gasteiger partial charge in [-0.2, -0.15) is 0 Å². The van der Waals surface area contributed by atoms with Gasteiger partial charge in [-0.15, -0.1) is 11.3 Å². The van der Waals surface area contributed by atoms with Crippen LogP contribution in [-0.2, 0) is 6.54 Å². The van der Waals surface area contributed by atoms with Crippen molar-refractivity contribution < 1.29 is 4.74 Å². The zero-order valence-electron chi connectivity index (χ0n) is 11.0. The first-order valence-electron chi connectivity index (χ1n) is 6.17. The third-order valence-electron chi connectivity index (χ3n) is 3.17. The Balaban J connectivity index is 2.02. The van der Waals surface area contributed by atoms with E-state index in [1.807, 2.05) is 35.8 Å². The Kier molecular flexibility index (Phi) is 3.20. The molecular weight excluding hydrogens is 272 g/mol. The molecule has 0 spiro atoms. The van der Waals surface area contributed by atoms with Crippen LogP contribution in [0.1, 0.15) is 5.56 Å². The Morgan fingerprint density at radius 1 is 1.30 bits per heavy atom. The first-order valence-corrected chi connectivity index (χ1v) is 7.05. The lowest BCUT2D eigenvalue weighted by Crippen LogP contribution is -2.19. The van der Waals surface area contributed by atoms with Gasteiger partial charge in [0.2, 0.25) is 0 Å². The SMILES string of the molecule is COc1cc(N)cc(Cn2ccc3sccc3c2=O)c1. The molecule has 0 fully saturated rings. The van der Waals surface area contributed by atoms with Crippen LogP contribution in [-0.4, -0.2) is 11.7 Å². The molecule has 5 heteroatoms. The highest BCUT2D eigenvalue weighted by Gasteiger charge is 2.06. The summed E-state index contributed by atoms with van der Waals surface area (Å²) in [5.41, 5.74) is 7.43. The lowest BCUT2D eigenvalue weighted by Gasteiger charge is -2.09. The largest absolute Gasteiger partial charge is 0.497 e. The van der Waals surface area contributed by atoms with Gasteiger partial charge in [-0.3, -0.25) is 4.79 Å². The maximum absolute atomic E-state index is 12.3. The quantitative estimate of drug-likeness (QED) is 0.753. The van der Waals surface area contributed by atoms with Crippen LogP contribution < -0.4 is 16.0 Å². The van der Waals surface area contributed by atoms with Crippen molar-refractivity contribution in [2.45, 2.75) is 6.54 Å². The zero-order chi connectivity index (χ0) is 14.1. The maximum Gasteiger partial charge on any atom is 0.259 e. The lowest BCUT2D eigenvalue weighted by molar-refractivity contribution is 0.414. The molecule has 0 unspecified atom stereocenters. The Labute approximate surface area is 120 Å². The minimum absolute atomic E-state index is 0.0186. The van der Waals surface area contributed by atoms with Crippen molar-refractivity contribution in [2.75, 3.05) is 12.8 Å². The van der Waals surface area contributed by atoms with E-state index in [1.165, 1.54) is 0 Å². The molecule has 0 atom stereocenters. The molecule has 2 N–H and O–H groups in total. The minimum Gasteiger partial charge on any atom is -0.497 e. The molecular formula is C15H14N2O2S. The molecule has 102 valence electrons. The van der Waals surface area contributed by atoms with Gasteiger partial charge in [-0.1, -0.05) is 0 Å². The molecule has 4 nitrogen and oxygen atoms in total. The number of methoxy groups -OCH3 is 1.